The number of hydrogen-bond acceptors (Lipinski definition) is 2. The van der Waals surface area contributed by atoms with E-state index < -0.39 is 5.60 Å². The van der Waals surface area contributed by atoms with Crippen molar-refractivity contribution in [1.82, 2.24) is 4.90 Å². The van der Waals surface area contributed by atoms with Gasteiger partial charge in [0.25, 0.3) is 0 Å². The topological polar surface area (TPSA) is 29.5 Å². The molecule has 1 atom stereocenters. The lowest BCUT2D eigenvalue weighted by atomic mass is 10.0. The predicted molar refractivity (Wildman–Crippen MR) is 93.6 cm³/mol. The average molecular weight is 311 g/mol. The molecule has 1 aliphatic heterocycles. The van der Waals surface area contributed by atoms with E-state index in [0.717, 1.165) is 25.8 Å². The molecule has 1 aliphatic rings. The summed E-state index contributed by atoms with van der Waals surface area (Å²) >= 11 is 0. The summed E-state index contributed by atoms with van der Waals surface area (Å²) in [6.45, 7) is 6.55. The van der Waals surface area contributed by atoms with Crippen molar-refractivity contribution in [1.29, 1.82) is 0 Å². The number of hydrogen-bond donors (Lipinski definition) is 0. The number of likely N-dealkylation sites (tertiary alicyclic amines) is 1. The average Bonchev–Trinajstić information content (AvgIpc) is 2.93. The third-order valence-corrected chi connectivity index (χ3v) is 4.29. The van der Waals surface area contributed by atoms with Crippen LogP contribution in [-0.4, -0.2) is 29.2 Å². The molecule has 0 N–H and O–H groups in total. The minimum absolute atomic E-state index is 0.180. The molecule has 1 saturated heterocycles. The Morgan fingerprint density at radius 2 is 1.91 bits per heavy atom. The van der Waals surface area contributed by atoms with Gasteiger partial charge in [0.2, 0.25) is 0 Å². The van der Waals surface area contributed by atoms with E-state index in [2.05, 4.69) is 42.5 Å². The first-order valence-electron chi connectivity index (χ1n) is 8.40. The second kappa shape index (κ2) is 6.23. The second-order valence-electron chi connectivity index (χ2n) is 7.36. The summed E-state index contributed by atoms with van der Waals surface area (Å²) in [5, 5.41) is 2.51. The maximum atomic E-state index is 12.4. The first kappa shape index (κ1) is 15.9. The summed E-state index contributed by atoms with van der Waals surface area (Å²) < 4.78 is 5.55. The van der Waals surface area contributed by atoms with Crippen molar-refractivity contribution in [2.24, 2.45) is 0 Å². The zero-order chi connectivity index (χ0) is 16.4. The van der Waals surface area contributed by atoms with E-state index in [4.69, 9.17) is 4.74 Å². The number of carbonyl (C=O) groups excluding carboxylic acids is 1. The van der Waals surface area contributed by atoms with Gasteiger partial charge < -0.3 is 9.64 Å². The zero-order valence-electron chi connectivity index (χ0n) is 14.2. The summed E-state index contributed by atoms with van der Waals surface area (Å²) in [5.74, 6) is 0. The number of carbonyl (C=O) groups is 1. The number of ether oxygens (including phenoxy) is 1. The Hall–Kier alpha value is -2.03. The molecule has 1 unspecified atom stereocenters. The molecule has 3 rings (SSSR count). The molecule has 23 heavy (non-hydrogen) atoms. The van der Waals surface area contributed by atoms with E-state index in [0.29, 0.717) is 0 Å². The van der Waals surface area contributed by atoms with Gasteiger partial charge in [-0.05, 0) is 56.4 Å². The number of nitrogens with zero attached hydrogens (tertiary/aromatic N) is 1. The molecule has 1 heterocycles. The van der Waals surface area contributed by atoms with Crippen molar-refractivity contribution in [3.63, 3.8) is 0 Å². The fourth-order valence-electron chi connectivity index (χ4n) is 3.25. The van der Waals surface area contributed by atoms with Gasteiger partial charge in [-0.3, -0.25) is 0 Å². The van der Waals surface area contributed by atoms with E-state index in [-0.39, 0.29) is 12.1 Å². The van der Waals surface area contributed by atoms with Crippen LogP contribution in [0.5, 0.6) is 0 Å². The molecule has 0 saturated carbocycles. The molecule has 0 aliphatic carbocycles. The smallest absolute Gasteiger partial charge is 0.410 e. The highest BCUT2D eigenvalue weighted by molar-refractivity contribution is 5.83. The molecule has 0 spiro atoms. The van der Waals surface area contributed by atoms with Crippen LogP contribution in [0.25, 0.3) is 10.8 Å². The van der Waals surface area contributed by atoms with Crippen LogP contribution in [0.3, 0.4) is 0 Å². The molecule has 0 radical (unpaired) electrons. The normalized spacial score (nSPS) is 18.4. The van der Waals surface area contributed by atoms with E-state index in [1.54, 1.807) is 0 Å². The molecule has 0 aromatic heterocycles. The third-order valence-electron chi connectivity index (χ3n) is 4.29. The molecule has 122 valence electrons. The van der Waals surface area contributed by atoms with E-state index in [9.17, 15) is 4.79 Å². The molecule has 1 amide bonds. The SMILES string of the molecule is CC(C)(C)OC(=O)N1CCCC1Cc1ccc2ccccc2c1. The van der Waals surface area contributed by atoms with Crippen LogP contribution in [0.4, 0.5) is 4.79 Å². The van der Waals surface area contributed by atoms with E-state index in [1.807, 2.05) is 25.7 Å². The van der Waals surface area contributed by atoms with Gasteiger partial charge in [0, 0.05) is 12.6 Å². The van der Waals surface area contributed by atoms with Crippen LogP contribution in [0, 0.1) is 0 Å². The van der Waals surface area contributed by atoms with Crippen LogP contribution in [0.15, 0.2) is 42.5 Å². The first-order chi connectivity index (χ1) is 10.9. The lowest BCUT2D eigenvalue weighted by molar-refractivity contribution is 0.0227. The Labute approximate surface area is 138 Å². The van der Waals surface area contributed by atoms with Gasteiger partial charge >= 0.3 is 6.09 Å². The Bertz CT molecular complexity index is 702. The minimum atomic E-state index is -0.437. The molecule has 3 nitrogen and oxygen atoms in total. The van der Waals surface area contributed by atoms with Gasteiger partial charge in [-0.2, -0.15) is 0 Å². The van der Waals surface area contributed by atoms with Crippen LogP contribution < -0.4 is 0 Å². The first-order valence-corrected chi connectivity index (χ1v) is 8.40. The van der Waals surface area contributed by atoms with Gasteiger partial charge in [-0.25, -0.2) is 4.79 Å². The van der Waals surface area contributed by atoms with E-state index in [1.165, 1.54) is 16.3 Å². The Morgan fingerprint density at radius 3 is 2.65 bits per heavy atom. The molecule has 2 aromatic rings. The molecular weight excluding hydrogens is 286 g/mol. The van der Waals surface area contributed by atoms with Crippen molar-refractivity contribution in [2.45, 2.75) is 51.7 Å². The van der Waals surface area contributed by atoms with Crippen LogP contribution in [0.2, 0.25) is 0 Å². The van der Waals surface area contributed by atoms with Crippen LogP contribution in [-0.2, 0) is 11.2 Å². The number of benzene rings is 2. The summed E-state index contributed by atoms with van der Waals surface area (Å²) in [6, 6.07) is 15.2. The summed E-state index contributed by atoms with van der Waals surface area (Å²) in [6.07, 6.45) is 2.81. The van der Waals surface area contributed by atoms with Crippen molar-refractivity contribution < 1.29 is 9.53 Å². The molecular formula is C20H25NO2. The van der Waals surface area contributed by atoms with E-state index >= 15 is 0 Å². The Balaban J connectivity index is 1.73. The van der Waals surface area contributed by atoms with Gasteiger partial charge in [0.15, 0.2) is 0 Å². The predicted octanol–water partition coefficient (Wildman–Crippen LogP) is 4.78. The molecule has 2 aromatic carbocycles. The lowest BCUT2D eigenvalue weighted by Crippen LogP contribution is -2.40. The number of rotatable bonds is 2. The standard InChI is InChI=1S/C20H25NO2/c1-20(2,3)23-19(22)21-12-6-9-18(21)14-15-10-11-16-7-4-5-8-17(16)13-15/h4-5,7-8,10-11,13,18H,6,9,12,14H2,1-3H3. The number of amides is 1. The highest BCUT2D eigenvalue weighted by Gasteiger charge is 2.32. The largest absolute Gasteiger partial charge is 0.444 e. The minimum Gasteiger partial charge on any atom is -0.444 e. The summed E-state index contributed by atoms with van der Waals surface area (Å²) in [5.41, 5.74) is 0.844. The van der Waals surface area contributed by atoms with Crippen LogP contribution in [0.1, 0.15) is 39.2 Å². The lowest BCUT2D eigenvalue weighted by Gasteiger charge is -2.28. The third kappa shape index (κ3) is 3.84. The fraction of sp³-hybridized carbons (Fsp3) is 0.450. The molecule has 3 heteroatoms. The zero-order valence-corrected chi connectivity index (χ0v) is 14.2. The van der Waals surface area contributed by atoms with Gasteiger partial charge in [0.05, 0.1) is 0 Å². The van der Waals surface area contributed by atoms with Crippen molar-refractivity contribution in [2.75, 3.05) is 6.54 Å². The Morgan fingerprint density at radius 1 is 1.17 bits per heavy atom. The van der Waals surface area contributed by atoms with Gasteiger partial charge in [-0.1, -0.05) is 42.5 Å². The number of fused-ring (bicyclic) bond motifs is 1. The van der Waals surface area contributed by atoms with Crippen LogP contribution >= 0.6 is 0 Å². The highest BCUT2D eigenvalue weighted by atomic mass is 16.6. The fourth-order valence-corrected chi connectivity index (χ4v) is 3.25. The molecule has 1 fully saturated rings. The van der Waals surface area contributed by atoms with Crippen molar-refractivity contribution >= 4 is 16.9 Å². The summed E-state index contributed by atoms with van der Waals surface area (Å²) in [7, 11) is 0. The Kier molecular flexibility index (Phi) is 4.29. The van der Waals surface area contributed by atoms with Gasteiger partial charge in [-0.15, -0.1) is 0 Å². The maximum absolute atomic E-state index is 12.4. The second-order valence-corrected chi connectivity index (χ2v) is 7.36. The quantitative estimate of drug-likeness (QED) is 0.798. The van der Waals surface area contributed by atoms with Crippen molar-refractivity contribution in [3.05, 3.63) is 48.0 Å². The monoisotopic (exact) mass is 311 g/mol. The highest BCUT2D eigenvalue weighted by Crippen LogP contribution is 2.25. The van der Waals surface area contributed by atoms with Gasteiger partial charge in [0.1, 0.15) is 5.60 Å². The maximum Gasteiger partial charge on any atom is 0.410 e. The molecule has 0 bridgehead atoms. The van der Waals surface area contributed by atoms with Crippen molar-refractivity contribution in [3.8, 4) is 0 Å². The summed E-state index contributed by atoms with van der Waals surface area (Å²) in [4.78, 5) is 14.3.